The van der Waals surface area contributed by atoms with Crippen LogP contribution in [0.25, 0.3) is 31.4 Å². The number of carbonyl (C=O) groups excluding carboxylic acids is 1. The number of carbonyl (C=O) groups is 1. The normalized spacial score (nSPS) is 11.7. The van der Waals surface area contributed by atoms with E-state index in [1.165, 1.54) is 34.9 Å². The number of benzene rings is 2. The fourth-order valence-corrected chi connectivity index (χ4v) is 6.89. The maximum Gasteiger partial charge on any atom is 0.262 e. The van der Waals surface area contributed by atoms with Gasteiger partial charge in [-0.15, -0.1) is 22.7 Å². The van der Waals surface area contributed by atoms with Gasteiger partial charge in [-0.25, -0.2) is 31.6 Å². The summed E-state index contributed by atoms with van der Waals surface area (Å²) >= 11 is 2.98. The number of aromatic nitrogens is 3. The molecular weight excluding hydrogens is 582 g/mol. The third-order valence-corrected chi connectivity index (χ3v) is 9.42. The van der Waals surface area contributed by atoms with Crippen LogP contribution in [0.5, 0.6) is 0 Å². The number of ketones is 1. The number of sulfonamides is 1. The van der Waals surface area contributed by atoms with Crippen LogP contribution in [0.15, 0.2) is 83.5 Å². The highest BCUT2D eigenvalue weighted by atomic mass is 32.2. The fourth-order valence-electron chi connectivity index (χ4n) is 4.09. The summed E-state index contributed by atoms with van der Waals surface area (Å²) in [4.78, 5) is 26.3. The number of aromatic amines is 1. The monoisotopic (exact) mass is 596 g/mol. The summed E-state index contributed by atoms with van der Waals surface area (Å²) in [5.74, 6) is -4.41. The van der Waals surface area contributed by atoms with Crippen LogP contribution in [0, 0.1) is 17.5 Å². The van der Waals surface area contributed by atoms with Gasteiger partial charge >= 0.3 is 0 Å². The van der Waals surface area contributed by atoms with E-state index in [1.54, 1.807) is 18.5 Å². The average molecular weight is 597 g/mol. The van der Waals surface area contributed by atoms with Gasteiger partial charge in [0.25, 0.3) is 10.0 Å². The van der Waals surface area contributed by atoms with Gasteiger partial charge < -0.3 is 4.98 Å². The van der Waals surface area contributed by atoms with Gasteiger partial charge in [0.1, 0.15) is 22.3 Å². The molecule has 2 N–H and O–H groups in total. The van der Waals surface area contributed by atoms with Crippen molar-refractivity contribution in [3.63, 3.8) is 0 Å². The number of halogens is 3. The van der Waals surface area contributed by atoms with Crippen molar-refractivity contribution in [2.24, 2.45) is 0 Å². The van der Waals surface area contributed by atoms with E-state index in [1.807, 2.05) is 22.2 Å². The molecule has 6 rings (SSSR count). The number of thiophene rings is 1. The Morgan fingerprint density at radius 2 is 1.80 bits per heavy atom. The lowest BCUT2D eigenvalue weighted by Crippen LogP contribution is -2.16. The molecule has 0 atom stereocenters. The van der Waals surface area contributed by atoms with Gasteiger partial charge in [0.05, 0.1) is 21.0 Å². The molecule has 0 bridgehead atoms. The summed E-state index contributed by atoms with van der Waals surface area (Å²) in [7, 11) is -4.44. The van der Waals surface area contributed by atoms with Crippen LogP contribution in [0.3, 0.4) is 0 Å². The van der Waals surface area contributed by atoms with Crippen LogP contribution in [-0.2, 0) is 10.0 Å². The molecule has 4 heterocycles. The van der Waals surface area contributed by atoms with Gasteiger partial charge in [-0.05, 0) is 48.5 Å². The summed E-state index contributed by atoms with van der Waals surface area (Å²) in [5.41, 5.74) is -0.656. The molecule has 0 fully saturated rings. The van der Waals surface area contributed by atoms with Gasteiger partial charge in [0, 0.05) is 45.4 Å². The summed E-state index contributed by atoms with van der Waals surface area (Å²) in [5, 5.41) is 3.07. The zero-order valence-electron chi connectivity index (χ0n) is 20.0. The molecule has 40 heavy (non-hydrogen) atoms. The summed E-state index contributed by atoms with van der Waals surface area (Å²) in [6.07, 6.45) is 4.62. The standard InChI is InChI=1S/C27H15F3N4O3S3/c28-15-2-1-3-16(11-15)40(36,37)34-20-5-4-19(29)23(24(20)30)25(35)18-13-33-26-17(18)10-14(12-32-26)21-6-7-22(39-21)27-31-8-9-38-27/h1-13,34H,(H,32,33). The Hall–Kier alpha value is -4.33. The van der Waals surface area contributed by atoms with E-state index in [2.05, 4.69) is 15.0 Å². The second-order valence-corrected chi connectivity index (χ2v) is 12.2. The first-order valence-corrected chi connectivity index (χ1v) is 14.7. The van der Waals surface area contributed by atoms with Gasteiger partial charge in [-0.3, -0.25) is 9.52 Å². The largest absolute Gasteiger partial charge is 0.345 e. The molecule has 0 amide bonds. The van der Waals surface area contributed by atoms with E-state index in [4.69, 9.17) is 0 Å². The van der Waals surface area contributed by atoms with E-state index in [0.717, 1.165) is 45.1 Å². The van der Waals surface area contributed by atoms with Crippen LogP contribution in [-0.4, -0.2) is 29.2 Å². The highest BCUT2D eigenvalue weighted by Crippen LogP contribution is 2.36. The molecule has 2 aromatic carbocycles. The summed E-state index contributed by atoms with van der Waals surface area (Å²) in [6.45, 7) is 0. The molecule has 13 heteroatoms. The lowest BCUT2D eigenvalue weighted by molar-refractivity contribution is 0.103. The Kier molecular flexibility index (Phi) is 6.49. The Balaban J connectivity index is 1.36. The quantitative estimate of drug-likeness (QED) is 0.196. The first-order chi connectivity index (χ1) is 19.2. The van der Waals surface area contributed by atoms with Crippen molar-refractivity contribution in [1.82, 2.24) is 15.0 Å². The predicted molar refractivity (Wildman–Crippen MR) is 148 cm³/mol. The van der Waals surface area contributed by atoms with Crippen LogP contribution in [0.4, 0.5) is 18.9 Å². The fraction of sp³-hybridized carbons (Fsp3) is 0. The predicted octanol–water partition coefficient (Wildman–Crippen LogP) is 6.86. The number of fused-ring (bicyclic) bond motifs is 1. The maximum absolute atomic E-state index is 15.5. The minimum Gasteiger partial charge on any atom is -0.345 e. The molecule has 0 saturated heterocycles. The van der Waals surface area contributed by atoms with E-state index >= 15 is 4.39 Å². The Labute approximate surface area is 233 Å². The molecule has 0 radical (unpaired) electrons. The minimum absolute atomic E-state index is 0.0519. The first kappa shape index (κ1) is 25.9. The van der Waals surface area contributed by atoms with Gasteiger partial charge in [-0.2, -0.15) is 0 Å². The van der Waals surface area contributed by atoms with Crippen molar-refractivity contribution >= 4 is 55.2 Å². The minimum atomic E-state index is -4.44. The third-order valence-electron chi connectivity index (χ3n) is 5.98. The van der Waals surface area contributed by atoms with Crippen LogP contribution >= 0.6 is 22.7 Å². The molecular formula is C27H15F3N4O3S3. The van der Waals surface area contributed by atoms with Crippen molar-refractivity contribution in [1.29, 1.82) is 0 Å². The Morgan fingerprint density at radius 1 is 0.975 bits per heavy atom. The molecule has 6 aromatic rings. The molecule has 4 aromatic heterocycles. The van der Waals surface area contributed by atoms with Crippen LogP contribution in [0.2, 0.25) is 0 Å². The molecule has 0 unspecified atom stereocenters. The average Bonchev–Trinajstić information content (AvgIpc) is 3.70. The highest BCUT2D eigenvalue weighted by Gasteiger charge is 2.27. The number of hydrogen-bond donors (Lipinski definition) is 2. The second kappa shape index (κ2) is 10.0. The first-order valence-electron chi connectivity index (χ1n) is 11.5. The van der Waals surface area contributed by atoms with Gasteiger partial charge in [0.15, 0.2) is 5.82 Å². The SMILES string of the molecule is O=C(c1c(F)ccc(NS(=O)(=O)c2cccc(F)c2)c1F)c1c[nH]c2ncc(-c3ccc(-c4nccs4)s3)cc12. The number of nitrogens with one attached hydrogen (secondary N) is 2. The number of nitrogens with zero attached hydrogens (tertiary/aromatic N) is 2. The number of anilines is 1. The molecule has 0 spiro atoms. The van der Waals surface area contributed by atoms with Crippen molar-refractivity contribution in [2.75, 3.05) is 4.72 Å². The van der Waals surface area contributed by atoms with Gasteiger partial charge in [-0.1, -0.05) is 6.07 Å². The van der Waals surface area contributed by atoms with Crippen LogP contribution < -0.4 is 4.72 Å². The number of pyridine rings is 1. The lowest BCUT2D eigenvalue weighted by Gasteiger charge is -2.12. The molecule has 0 aliphatic heterocycles. The summed E-state index contributed by atoms with van der Waals surface area (Å²) in [6, 6.07) is 11.2. The molecule has 0 saturated carbocycles. The highest BCUT2D eigenvalue weighted by molar-refractivity contribution is 7.92. The smallest absolute Gasteiger partial charge is 0.262 e. The number of hydrogen-bond acceptors (Lipinski definition) is 7. The van der Waals surface area contributed by atoms with E-state index in [-0.39, 0.29) is 5.56 Å². The van der Waals surface area contributed by atoms with Crippen molar-refractivity contribution in [3.8, 4) is 20.3 Å². The second-order valence-electron chi connectivity index (χ2n) is 8.50. The molecule has 0 aliphatic carbocycles. The molecule has 7 nitrogen and oxygen atoms in total. The number of H-pyrrole nitrogens is 1. The number of thiazole rings is 1. The topological polar surface area (TPSA) is 105 Å². The van der Waals surface area contributed by atoms with Crippen LogP contribution in [0.1, 0.15) is 15.9 Å². The maximum atomic E-state index is 15.5. The van der Waals surface area contributed by atoms with Crippen molar-refractivity contribution < 1.29 is 26.4 Å². The Bertz CT molecular complexity index is 2020. The molecule has 200 valence electrons. The van der Waals surface area contributed by atoms with Crippen molar-refractivity contribution in [3.05, 3.63) is 107 Å². The lowest BCUT2D eigenvalue weighted by atomic mass is 10.0. The van der Waals surface area contributed by atoms with E-state index in [0.29, 0.717) is 16.6 Å². The van der Waals surface area contributed by atoms with Crippen molar-refractivity contribution in [2.45, 2.75) is 4.90 Å². The Morgan fingerprint density at radius 3 is 2.58 bits per heavy atom. The van der Waals surface area contributed by atoms with E-state index < -0.39 is 49.4 Å². The zero-order chi connectivity index (χ0) is 28.0. The summed E-state index contributed by atoms with van der Waals surface area (Å²) < 4.78 is 71.2. The number of rotatable bonds is 7. The third kappa shape index (κ3) is 4.68. The zero-order valence-corrected chi connectivity index (χ0v) is 22.4. The van der Waals surface area contributed by atoms with E-state index in [9.17, 15) is 22.0 Å². The molecule has 0 aliphatic rings. The van der Waals surface area contributed by atoms with Gasteiger partial charge in [0.2, 0.25) is 5.78 Å².